The molecule has 2 aromatic heterocycles. The van der Waals surface area contributed by atoms with E-state index in [1.807, 2.05) is 6.07 Å². The zero-order valence-electron chi connectivity index (χ0n) is 14.3. The van der Waals surface area contributed by atoms with Crippen LogP contribution in [-0.4, -0.2) is 12.1 Å². The molecule has 0 bridgehead atoms. The Bertz CT molecular complexity index is 1050. The molecule has 0 spiro atoms. The number of aliphatic imine (C=N–C) groups is 1. The van der Waals surface area contributed by atoms with Crippen LogP contribution in [0.3, 0.4) is 0 Å². The monoisotopic (exact) mass is 418 g/mol. The molecule has 3 aromatic rings. The number of benzene rings is 1. The maximum Gasteiger partial charge on any atom is 0.252 e. The molecule has 0 atom stereocenters. The van der Waals surface area contributed by atoms with Gasteiger partial charge in [-0.25, -0.2) is 4.99 Å². The average Bonchev–Trinajstić information content (AvgIpc) is 3.26. The molecule has 0 radical (unpaired) electrons. The molecule has 1 aliphatic carbocycles. The number of nitrogens with zero attached hydrogens (tertiary/aromatic N) is 1. The highest BCUT2D eigenvalue weighted by Crippen LogP contribution is 2.39. The number of hydrogen-bond acceptors (Lipinski definition) is 4. The summed E-state index contributed by atoms with van der Waals surface area (Å²) in [6.45, 7) is 0. The SMILES string of the molecule is NC(=O)c1c(N=Cc2ccc(-c3cc(Cl)ccc3Cl)o2)sc2c1CCCC2. The Morgan fingerprint density at radius 2 is 2.00 bits per heavy atom. The number of fused-ring (bicyclic) bond motifs is 1. The standard InChI is InChI=1S/C20H16Cl2N2O2S/c21-11-5-7-15(22)14(9-11)16-8-6-12(26-16)10-24-20-18(19(23)25)13-3-1-2-4-17(13)27-20/h5-10H,1-4H2,(H2,23,25). The van der Waals surface area contributed by atoms with Gasteiger partial charge in [-0.1, -0.05) is 23.2 Å². The molecule has 7 heteroatoms. The highest BCUT2D eigenvalue weighted by molar-refractivity contribution is 7.16. The maximum atomic E-state index is 11.9. The summed E-state index contributed by atoms with van der Waals surface area (Å²) in [5.74, 6) is 0.736. The van der Waals surface area contributed by atoms with Crippen LogP contribution in [0, 0.1) is 0 Å². The fourth-order valence-electron chi connectivity index (χ4n) is 3.27. The van der Waals surface area contributed by atoms with E-state index in [2.05, 4.69) is 4.99 Å². The molecule has 0 saturated heterocycles. The van der Waals surface area contributed by atoms with E-state index in [0.29, 0.717) is 37.7 Å². The molecule has 1 aliphatic rings. The molecule has 4 nitrogen and oxygen atoms in total. The second-order valence-electron chi connectivity index (χ2n) is 6.34. The normalized spacial score (nSPS) is 13.9. The average molecular weight is 419 g/mol. The molecule has 27 heavy (non-hydrogen) atoms. The van der Waals surface area contributed by atoms with Gasteiger partial charge in [0.25, 0.3) is 5.91 Å². The van der Waals surface area contributed by atoms with Crippen molar-refractivity contribution in [2.45, 2.75) is 25.7 Å². The van der Waals surface area contributed by atoms with Gasteiger partial charge in [0.05, 0.1) is 16.8 Å². The first kappa shape index (κ1) is 18.3. The Morgan fingerprint density at radius 1 is 1.19 bits per heavy atom. The van der Waals surface area contributed by atoms with Crippen LogP contribution >= 0.6 is 34.5 Å². The van der Waals surface area contributed by atoms with Crippen LogP contribution in [0.15, 0.2) is 39.7 Å². The molecule has 0 fully saturated rings. The quantitative estimate of drug-likeness (QED) is 0.524. The lowest BCUT2D eigenvalue weighted by Crippen LogP contribution is -2.14. The fourth-order valence-corrected chi connectivity index (χ4v) is 4.89. The topological polar surface area (TPSA) is 68.6 Å². The molecule has 138 valence electrons. The lowest BCUT2D eigenvalue weighted by molar-refractivity contribution is 0.100. The molecule has 0 aliphatic heterocycles. The Hall–Kier alpha value is -2.08. The van der Waals surface area contributed by atoms with Gasteiger partial charge in [0, 0.05) is 15.5 Å². The van der Waals surface area contributed by atoms with Gasteiger partial charge in [-0.2, -0.15) is 0 Å². The summed E-state index contributed by atoms with van der Waals surface area (Å²) in [4.78, 5) is 17.6. The Labute approximate surface area is 170 Å². The summed E-state index contributed by atoms with van der Waals surface area (Å²) in [5.41, 5.74) is 7.94. The second kappa shape index (κ2) is 7.50. The predicted octanol–water partition coefficient (Wildman–Crippen LogP) is 6.04. The summed E-state index contributed by atoms with van der Waals surface area (Å²) in [6.07, 6.45) is 5.68. The number of aryl methyl sites for hydroxylation is 1. The van der Waals surface area contributed by atoms with Gasteiger partial charge in [0.15, 0.2) is 0 Å². The molecular weight excluding hydrogens is 403 g/mol. The lowest BCUT2D eigenvalue weighted by Gasteiger charge is -2.10. The van der Waals surface area contributed by atoms with E-state index in [1.165, 1.54) is 16.2 Å². The molecule has 2 N–H and O–H groups in total. The molecule has 0 unspecified atom stereocenters. The van der Waals surface area contributed by atoms with Gasteiger partial charge in [0.2, 0.25) is 0 Å². The van der Waals surface area contributed by atoms with E-state index in [0.717, 1.165) is 31.2 Å². The number of amides is 1. The first-order valence-electron chi connectivity index (χ1n) is 8.56. The fraction of sp³-hybridized carbons (Fsp3) is 0.200. The van der Waals surface area contributed by atoms with Crippen molar-refractivity contribution in [2.75, 3.05) is 0 Å². The van der Waals surface area contributed by atoms with Gasteiger partial charge < -0.3 is 10.2 Å². The Morgan fingerprint density at radius 3 is 2.81 bits per heavy atom. The van der Waals surface area contributed by atoms with E-state index >= 15 is 0 Å². The van der Waals surface area contributed by atoms with Crippen molar-refractivity contribution < 1.29 is 9.21 Å². The van der Waals surface area contributed by atoms with E-state index in [4.69, 9.17) is 33.4 Å². The number of halogens is 2. The Balaban J connectivity index is 1.65. The third-order valence-electron chi connectivity index (χ3n) is 4.53. The van der Waals surface area contributed by atoms with Crippen molar-refractivity contribution >= 4 is 51.7 Å². The minimum absolute atomic E-state index is 0.424. The van der Waals surface area contributed by atoms with E-state index in [1.54, 1.807) is 30.5 Å². The lowest BCUT2D eigenvalue weighted by atomic mass is 9.95. The van der Waals surface area contributed by atoms with Crippen LogP contribution in [0.25, 0.3) is 11.3 Å². The van der Waals surface area contributed by atoms with Gasteiger partial charge in [0.1, 0.15) is 16.5 Å². The minimum atomic E-state index is -0.424. The van der Waals surface area contributed by atoms with Crippen molar-refractivity contribution in [2.24, 2.45) is 10.7 Å². The Kier molecular flexibility index (Phi) is 5.08. The van der Waals surface area contributed by atoms with Gasteiger partial charge in [-0.15, -0.1) is 11.3 Å². The van der Waals surface area contributed by atoms with E-state index < -0.39 is 5.91 Å². The summed E-state index contributed by atoms with van der Waals surface area (Å²) < 4.78 is 5.83. The molecule has 0 saturated carbocycles. The summed E-state index contributed by atoms with van der Waals surface area (Å²) >= 11 is 13.8. The smallest absolute Gasteiger partial charge is 0.252 e. The van der Waals surface area contributed by atoms with Crippen molar-refractivity contribution in [3.05, 3.63) is 62.1 Å². The molecule has 2 heterocycles. The second-order valence-corrected chi connectivity index (χ2v) is 8.27. The van der Waals surface area contributed by atoms with Crippen LogP contribution < -0.4 is 5.73 Å². The number of carbonyl (C=O) groups excluding carboxylic acids is 1. The highest BCUT2D eigenvalue weighted by atomic mass is 35.5. The number of primary amides is 1. The molecule has 1 aromatic carbocycles. The number of nitrogens with two attached hydrogens (primary N) is 1. The molecule has 4 rings (SSSR count). The number of thiophene rings is 1. The summed E-state index contributed by atoms with van der Waals surface area (Å²) in [7, 11) is 0. The number of furan rings is 1. The van der Waals surface area contributed by atoms with Gasteiger partial charge in [-0.3, -0.25) is 4.79 Å². The highest BCUT2D eigenvalue weighted by Gasteiger charge is 2.23. The zero-order chi connectivity index (χ0) is 19.0. The van der Waals surface area contributed by atoms with Gasteiger partial charge >= 0.3 is 0 Å². The van der Waals surface area contributed by atoms with Crippen molar-refractivity contribution in [1.29, 1.82) is 0 Å². The van der Waals surface area contributed by atoms with Crippen LogP contribution in [0.4, 0.5) is 5.00 Å². The third kappa shape index (κ3) is 3.68. The molecular formula is C20H16Cl2N2O2S. The minimum Gasteiger partial charge on any atom is -0.455 e. The first-order valence-corrected chi connectivity index (χ1v) is 10.1. The summed E-state index contributed by atoms with van der Waals surface area (Å²) in [6, 6.07) is 8.82. The van der Waals surface area contributed by atoms with Crippen LogP contribution in [-0.2, 0) is 12.8 Å². The van der Waals surface area contributed by atoms with Crippen LogP contribution in [0.2, 0.25) is 10.0 Å². The largest absolute Gasteiger partial charge is 0.455 e. The third-order valence-corrected chi connectivity index (χ3v) is 6.29. The van der Waals surface area contributed by atoms with E-state index in [9.17, 15) is 4.79 Å². The first-order chi connectivity index (χ1) is 13.0. The number of hydrogen-bond donors (Lipinski definition) is 1. The van der Waals surface area contributed by atoms with Crippen molar-refractivity contribution in [3.8, 4) is 11.3 Å². The van der Waals surface area contributed by atoms with E-state index in [-0.39, 0.29) is 0 Å². The maximum absolute atomic E-state index is 11.9. The van der Waals surface area contributed by atoms with Crippen LogP contribution in [0.1, 0.15) is 39.4 Å². The summed E-state index contributed by atoms with van der Waals surface area (Å²) in [5, 5.41) is 1.78. The predicted molar refractivity (Wildman–Crippen MR) is 111 cm³/mol. The molecule has 1 amide bonds. The number of rotatable bonds is 4. The van der Waals surface area contributed by atoms with Crippen LogP contribution in [0.5, 0.6) is 0 Å². The number of carbonyl (C=O) groups is 1. The zero-order valence-corrected chi connectivity index (χ0v) is 16.6. The van der Waals surface area contributed by atoms with Crippen molar-refractivity contribution in [1.82, 2.24) is 0 Å². The van der Waals surface area contributed by atoms with Crippen molar-refractivity contribution in [3.63, 3.8) is 0 Å². The van der Waals surface area contributed by atoms with Gasteiger partial charge in [-0.05, 0) is 61.6 Å².